The standard InChI is InChI=1S/C15H20FN3O3S/c1-9(2)15-19-18-14(22-15)8-17-10(3)11-5-6-13(12(16)7-11)23(4,20)21/h5-7,9-10,17H,8H2,1-4H3. The minimum Gasteiger partial charge on any atom is -0.424 e. The van der Waals surface area contributed by atoms with Gasteiger partial charge in [-0.3, -0.25) is 0 Å². The second-order valence-corrected chi connectivity index (χ2v) is 7.74. The second kappa shape index (κ2) is 6.76. The molecule has 126 valence electrons. The predicted molar refractivity (Wildman–Crippen MR) is 83.2 cm³/mol. The van der Waals surface area contributed by atoms with Crippen molar-refractivity contribution in [2.24, 2.45) is 0 Å². The van der Waals surface area contributed by atoms with E-state index in [1.165, 1.54) is 12.1 Å². The molecule has 0 saturated carbocycles. The van der Waals surface area contributed by atoms with Crippen LogP contribution in [0.3, 0.4) is 0 Å². The van der Waals surface area contributed by atoms with Crippen LogP contribution in [0.15, 0.2) is 27.5 Å². The Morgan fingerprint density at radius 2 is 1.96 bits per heavy atom. The summed E-state index contributed by atoms with van der Waals surface area (Å²) < 4.78 is 42.2. The molecular weight excluding hydrogens is 321 g/mol. The van der Waals surface area contributed by atoms with Crippen molar-refractivity contribution in [2.75, 3.05) is 6.26 Å². The molecule has 0 saturated heterocycles. The Balaban J connectivity index is 2.05. The fourth-order valence-corrected chi connectivity index (χ4v) is 2.75. The SMILES string of the molecule is CC(C)c1nnc(CNC(C)c2ccc(S(C)(=O)=O)c(F)c2)o1. The van der Waals surface area contributed by atoms with Gasteiger partial charge in [0.1, 0.15) is 10.7 Å². The maximum Gasteiger partial charge on any atom is 0.230 e. The van der Waals surface area contributed by atoms with Crippen molar-refractivity contribution in [1.29, 1.82) is 0 Å². The van der Waals surface area contributed by atoms with Crippen LogP contribution in [-0.2, 0) is 16.4 Å². The molecule has 0 spiro atoms. The molecule has 0 radical (unpaired) electrons. The van der Waals surface area contributed by atoms with E-state index < -0.39 is 15.7 Å². The van der Waals surface area contributed by atoms with Gasteiger partial charge >= 0.3 is 0 Å². The topological polar surface area (TPSA) is 85.1 Å². The molecule has 0 aliphatic carbocycles. The Kier molecular flexibility index (Phi) is 5.16. The Bertz CT molecular complexity index is 787. The molecule has 2 rings (SSSR count). The first kappa shape index (κ1) is 17.6. The number of nitrogens with zero attached hydrogens (tertiary/aromatic N) is 2. The molecule has 8 heteroatoms. The number of sulfone groups is 1. The van der Waals surface area contributed by atoms with Gasteiger partial charge in [0.2, 0.25) is 11.8 Å². The van der Waals surface area contributed by atoms with Crippen LogP contribution in [-0.4, -0.2) is 24.9 Å². The first-order valence-electron chi connectivity index (χ1n) is 7.23. The van der Waals surface area contributed by atoms with Crippen LogP contribution in [0.25, 0.3) is 0 Å². The van der Waals surface area contributed by atoms with Gasteiger partial charge in [0.15, 0.2) is 9.84 Å². The second-order valence-electron chi connectivity index (χ2n) is 5.75. The Morgan fingerprint density at radius 1 is 1.26 bits per heavy atom. The number of hydrogen-bond donors (Lipinski definition) is 1. The molecule has 1 heterocycles. The van der Waals surface area contributed by atoms with E-state index in [0.29, 0.717) is 23.9 Å². The minimum absolute atomic E-state index is 0.159. The number of halogens is 1. The number of benzene rings is 1. The number of rotatable bonds is 6. The van der Waals surface area contributed by atoms with Crippen LogP contribution in [0.4, 0.5) is 4.39 Å². The molecule has 0 bridgehead atoms. The third-order valence-corrected chi connectivity index (χ3v) is 4.52. The highest BCUT2D eigenvalue weighted by Crippen LogP contribution is 2.20. The molecule has 1 atom stereocenters. The van der Waals surface area contributed by atoms with Crippen LogP contribution in [0.5, 0.6) is 0 Å². The molecule has 0 fully saturated rings. The van der Waals surface area contributed by atoms with Gasteiger partial charge in [0, 0.05) is 18.2 Å². The lowest BCUT2D eigenvalue weighted by Crippen LogP contribution is -2.18. The van der Waals surface area contributed by atoms with Gasteiger partial charge in [0.25, 0.3) is 0 Å². The highest BCUT2D eigenvalue weighted by Gasteiger charge is 2.16. The molecule has 23 heavy (non-hydrogen) atoms. The fraction of sp³-hybridized carbons (Fsp3) is 0.467. The summed E-state index contributed by atoms with van der Waals surface area (Å²) in [5.41, 5.74) is 0.637. The molecule has 0 amide bonds. The van der Waals surface area contributed by atoms with Gasteiger partial charge in [-0.05, 0) is 24.6 Å². The van der Waals surface area contributed by atoms with Crippen molar-refractivity contribution >= 4 is 9.84 Å². The Morgan fingerprint density at radius 3 is 2.48 bits per heavy atom. The average molecular weight is 341 g/mol. The van der Waals surface area contributed by atoms with Crippen LogP contribution < -0.4 is 5.32 Å². The van der Waals surface area contributed by atoms with Gasteiger partial charge in [-0.1, -0.05) is 19.9 Å². The molecular formula is C15H20FN3O3S. The van der Waals surface area contributed by atoms with Crippen LogP contribution in [0.2, 0.25) is 0 Å². The summed E-state index contributed by atoms with van der Waals surface area (Å²) in [7, 11) is -3.57. The van der Waals surface area contributed by atoms with Crippen molar-refractivity contribution in [3.63, 3.8) is 0 Å². The number of nitrogens with one attached hydrogen (secondary N) is 1. The number of hydrogen-bond acceptors (Lipinski definition) is 6. The van der Waals surface area contributed by atoms with Crippen LogP contribution in [0, 0.1) is 5.82 Å². The molecule has 0 aliphatic rings. The third-order valence-electron chi connectivity index (χ3n) is 3.39. The number of aromatic nitrogens is 2. The maximum absolute atomic E-state index is 13.9. The van der Waals surface area contributed by atoms with Crippen molar-refractivity contribution in [1.82, 2.24) is 15.5 Å². The van der Waals surface area contributed by atoms with E-state index in [-0.39, 0.29) is 16.9 Å². The van der Waals surface area contributed by atoms with E-state index in [9.17, 15) is 12.8 Å². The normalized spacial score (nSPS) is 13.5. The summed E-state index contributed by atoms with van der Waals surface area (Å²) in [6.07, 6.45) is 0.981. The highest BCUT2D eigenvalue weighted by atomic mass is 32.2. The quantitative estimate of drug-likeness (QED) is 0.869. The van der Waals surface area contributed by atoms with Crippen molar-refractivity contribution in [3.8, 4) is 0 Å². The van der Waals surface area contributed by atoms with E-state index in [1.807, 2.05) is 20.8 Å². The summed E-state index contributed by atoms with van der Waals surface area (Å²) in [6, 6.07) is 3.89. The van der Waals surface area contributed by atoms with E-state index in [1.54, 1.807) is 6.07 Å². The fourth-order valence-electron chi connectivity index (χ4n) is 2.02. The largest absolute Gasteiger partial charge is 0.424 e. The third kappa shape index (κ3) is 4.35. The van der Waals surface area contributed by atoms with Gasteiger partial charge in [-0.15, -0.1) is 10.2 Å². The van der Waals surface area contributed by atoms with Gasteiger partial charge in [-0.2, -0.15) is 0 Å². The summed E-state index contributed by atoms with van der Waals surface area (Å²) in [6.45, 7) is 6.10. The molecule has 1 unspecified atom stereocenters. The highest BCUT2D eigenvalue weighted by molar-refractivity contribution is 7.90. The van der Waals surface area contributed by atoms with E-state index >= 15 is 0 Å². The van der Waals surface area contributed by atoms with Gasteiger partial charge in [0.05, 0.1) is 6.54 Å². The summed E-state index contributed by atoms with van der Waals surface area (Å²) in [4.78, 5) is -0.299. The Hall–Kier alpha value is -1.80. The van der Waals surface area contributed by atoms with Crippen molar-refractivity contribution in [3.05, 3.63) is 41.4 Å². The molecule has 1 aromatic carbocycles. The molecule has 1 aromatic heterocycles. The zero-order chi connectivity index (χ0) is 17.2. The van der Waals surface area contributed by atoms with E-state index in [2.05, 4.69) is 15.5 Å². The van der Waals surface area contributed by atoms with Crippen molar-refractivity contribution in [2.45, 2.75) is 44.2 Å². The zero-order valence-electron chi connectivity index (χ0n) is 13.5. The maximum atomic E-state index is 13.9. The molecule has 6 nitrogen and oxygen atoms in total. The monoisotopic (exact) mass is 341 g/mol. The van der Waals surface area contributed by atoms with Gasteiger partial charge in [-0.25, -0.2) is 12.8 Å². The van der Waals surface area contributed by atoms with Crippen LogP contribution in [0.1, 0.15) is 50.1 Å². The minimum atomic E-state index is -3.57. The van der Waals surface area contributed by atoms with E-state index in [4.69, 9.17) is 4.42 Å². The van der Waals surface area contributed by atoms with E-state index in [0.717, 1.165) is 6.26 Å². The summed E-state index contributed by atoms with van der Waals surface area (Å²) >= 11 is 0. The molecule has 2 aromatic rings. The van der Waals surface area contributed by atoms with Crippen molar-refractivity contribution < 1.29 is 17.2 Å². The van der Waals surface area contributed by atoms with Crippen LogP contribution >= 0.6 is 0 Å². The summed E-state index contributed by atoms with van der Waals surface area (Å²) in [5.74, 6) is 0.427. The average Bonchev–Trinajstić information content (AvgIpc) is 2.92. The molecule has 1 N–H and O–H groups in total. The Labute approximate surface area is 135 Å². The first-order valence-corrected chi connectivity index (χ1v) is 9.12. The summed E-state index contributed by atoms with van der Waals surface area (Å²) in [5, 5.41) is 11.0. The lowest BCUT2D eigenvalue weighted by atomic mass is 10.1. The molecule has 0 aliphatic heterocycles. The van der Waals surface area contributed by atoms with Gasteiger partial charge < -0.3 is 9.73 Å². The first-order chi connectivity index (χ1) is 10.7. The lowest BCUT2D eigenvalue weighted by molar-refractivity contribution is 0.406. The predicted octanol–water partition coefficient (Wildman–Crippen LogP) is 2.59. The zero-order valence-corrected chi connectivity index (χ0v) is 14.3. The lowest BCUT2D eigenvalue weighted by Gasteiger charge is -2.13. The smallest absolute Gasteiger partial charge is 0.230 e.